The van der Waals surface area contributed by atoms with Gasteiger partial charge >= 0.3 is 11.9 Å². The van der Waals surface area contributed by atoms with Crippen LogP contribution in [-0.4, -0.2) is 24.1 Å². The van der Waals surface area contributed by atoms with Gasteiger partial charge in [0.25, 0.3) is 0 Å². The molecule has 0 amide bonds. The highest BCUT2D eigenvalue weighted by Crippen LogP contribution is 2.43. The minimum absolute atomic E-state index is 0.00409. The fraction of sp³-hybridized carbons (Fsp3) is 0.364. The maximum absolute atomic E-state index is 11.8. The van der Waals surface area contributed by atoms with Crippen molar-refractivity contribution in [3.05, 3.63) is 71.8 Å². The third-order valence-corrected chi connectivity index (χ3v) is 4.97. The molecule has 0 spiro atoms. The Morgan fingerprint density at radius 1 is 0.692 bits per heavy atom. The molecular formula is C22H24O4. The average Bonchev–Trinajstić information content (AvgIpc) is 2.63. The average molecular weight is 352 g/mol. The summed E-state index contributed by atoms with van der Waals surface area (Å²) < 4.78 is 11.4. The van der Waals surface area contributed by atoms with Gasteiger partial charge in [0.1, 0.15) is 12.2 Å². The normalized spacial score (nSPS) is 25.3. The lowest BCUT2D eigenvalue weighted by Crippen LogP contribution is -2.46. The molecule has 0 aliphatic heterocycles. The monoisotopic (exact) mass is 352 g/mol. The first-order chi connectivity index (χ1) is 12.6. The van der Waals surface area contributed by atoms with E-state index < -0.39 is 12.2 Å². The van der Waals surface area contributed by atoms with E-state index in [0.29, 0.717) is 0 Å². The molecule has 1 aliphatic rings. The van der Waals surface area contributed by atoms with Crippen LogP contribution < -0.4 is 0 Å². The summed E-state index contributed by atoms with van der Waals surface area (Å²) in [6, 6.07) is 20.0. The quantitative estimate of drug-likeness (QED) is 0.774. The van der Waals surface area contributed by atoms with E-state index in [-0.39, 0.29) is 23.8 Å². The standard InChI is InChI=1S/C22H24O4/c1-15(23)25-21-19(17-9-5-3-6-10-17)13-14-20(22(21)26-16(2)24)18-11-7-4-8-12-18/h3-12,19-22H,13-14H2,1-2H3/t19-,20+,21-,22+. The first kappa shape index (κ1) is 18.2. The Bertz CT molecular complexity index is 676. The van der Waals surface area contributed by atoms with E-state index in [1.165, 1.54) is 13.8 Å². The van der Waals surface area contributed by atoms with Crippen LogP contribution in [-0.2, 0) is 19.1 Å². The Hall–Kier alpha value is -2.62. The topological polar surface area (TPSA) is 52.6 Å². The predicted octanol–water partition coefficient (Wildman–Crippen LogP) is 4.21. The van der Waals surface area contributed by atoms with Crippen LogP contribution in [0.15, 0.2) is 60.7 Å². The van der Waals surface area contributed by atoms with E-state index in [9.17, 15) is 9.59 Å². The van der Waals surface area contributed by atoms with Gasteiger partial charge in [0, 0.05) is 25.7 Å². The van der Waals surface area contributed by atoms with E-state index in [2.05, 4.69) is 0 Å². The molecule has 4 heteroatoms. The van der Waals surface area contributed by atoms with E-state index in [1.54, 1.807) is 0 Å². The van der Waals surface area contributed by atoms with Crippen molar-refractivity contribution in [3.8, 4) is 0 Å². The zero-order valence-corrected chi connectivity index (χ0v) is 15.1. The molecule has 1 saturated carbocycles. The van der Waals surface area contributed by atoms with Gasteiger partial charge in [0.2, 0.25) is 0 Å². The van der Waals surface area contributed by atoms with Gasteiger partial charge in [-0.3, -0.25) is 9.59 Å². The van der Waals surface area contributed by atoms with Crippen LogP contribution in [0.3, 0.4) is 0 Å². The summed E-state index contributed by atoms with van der Waals surface area (Å²) in [5.74, 6) is -0.711. The number of hydrogen-bond donors (Lipinski definition) is 0. The van der Waals surface area contributed by atoms with Crippen molar-refractivity contribution < 1.29 is 19.1 Å². The summed E-state index contributed by atoms with van der Waals surface area (Å²) >= 11 is 0. The molecule has 26 heavy (non-hydrogen) atoms. The highest BCUT2D eigenvalue weighted by atomic mass is 16.6. The van der Waals surface area contributed by atoms with Crippen LogP contribution >= 0.6 is 0 Å². The van der Waals surface area contributed by atoms with Gasteiger partial charge in [0.15, 0.2) is 0 Å². The minimum atomic E-state index is -0.502. The van der Waals surface area contributed by atoms with Crippen LogP contribution in [0, 0.1) is 0 Å². The third-order valence-electron chi connectivity index (χ3n) is 4.97. The smallest absolute Gasteiger partial charge is 0.303 e. The largest absolute Gasteiger partial charge is 0.458 e. The first-order valence-corrected chi connectivity index (χ1v) is 9.00. The Kier molecular flexibility index (Phi) is 5.71. The van der Waals surface area contributed by atoms with Gasteiger partial charge in [0.05, 0.1) is 0 Å². The van der Waals surface area contributed by atoms with E-state index in [1.807, 2.05) is 60.7 Å². The van der Waals surface area contributed by atoms with Crippen LogP contribution in [0.1, 0.15) is 49.7 Å². The molecule has 4 nitrogen and oxygen atoms in total. The van der Waals surface area contributed by atoms with Gasteiger partial charge in [-0.1, -0.05) is 60.7 Å². The summed E-state index contributed by atoms with van der Waals surface area (Å²) in [5, 5.41) is 0. The number of carbonyl (C=O) groups excluding carboxylic acids is 2. The Morgan fingerprint density at radius 2 is 1.04 bits per heavy atom. The van der Waals surface area contributed by atoms with Gasteiger partial charge in [-0.15, -0.1) is 0 Å². The summed E-state index contributed by atoms with van der Waals surface area (Å²) in [4.78, 5) is 23.6. The summed E-state index contributed by atoms with van der Waals surface area (Å²) in [6.45, 7) is 2.80. The third kappa shape index (κ3) is 4.13. The minimum Gasteiger partial charge on any atom is -0.458 e. The molecule has 3 rings (SSSR count). The fourth-order valence-corrected chi connectivity index (χ4v) is 3.94. The maximum Gasteiger partial charge on any atom is 0.303 e. The number of rotatable bonds is 4. The van der Waals surface area contributed by atoms with Gasteiger partial charge < -0.3 is 9.47 Å². The Morgan fingerprint density at radius 3 is 1.35 bits per heavy atom. The molecular weight excluding hydrogens is 328 g/mol. The number of hydrogen-bond acceptors (Lipinski definition) is 4. The van der Waals surface area contributed by atoms with E-state index in [0.717, 1.165) is 24.0 Å². The first-order valence-electron chi connectivity index (χ1n) is 9.00. The Balaban J connectivity index is 1.99. The summed E-state index contributed by atoms with van der Waals surface area (Å²) in [5.41, 5.74) is 2.20. The van der Waals surface area contributed by atoms with Gasteiger partial charge in [-0.25, -0.2) is 0 Å². The van der Waals surface area contributed by atoms with Crippen molar-refractivity contribution in [3.63, 3.8) is 0 Å². The zero-order chi connectivity index (χ0) is 18.5. The second kappa shape index (κ2) is 8.17. The van der Waals surface area contributed by atoms with Crippen molar-refractivity contribution in [1.82, 2.24) is 0 Å². The molecule has 2 aromatic carbocycles. The van der Waals surface area contributed by atoms with Crippen LogP contribution in [0.5, 0.6) is 0 Å². The summed E-state index contributed by atoms with van der Waals surface area (Å²) in [6.07, 6.45) is 0.717. The van der Waals surface area contributed by atoms with Crippen molar-refractivity contribution in [2.45, 2.75) is 50.7 Å². The van der Waals surface area contributed by atoms with E-state index >= 15 is 0 Å². The molecule has 0 aromatic heterocycles. The number of esters is 2. The molecule has 2 aromatic rings. The molecule has 0 radical (unpaired) electrons. The lowest BCUT2D eigenvalue weighted by molar-refractivity contribution is -0.173. The molecule has 0 heterocycles. The number of benzene rings is 2. The molecule has 0 saturated heterocycles. The lowest BCUT2D eigenvalue weighted by atomic mass is 9.72. The van der Waals surface area contributed by atoms with E-state index in [4.69, 9.17) is 9.47 Å². The molecule has 0 unspecified atom stereocenters. The highest BCUT2D eigenvalue weighted by molar-refractivity contribution is 5.67. The highest BCUT2D eigenvalue weighted by Gasteiger charge is 2.44. The van der Waals surface area contributed by atoms with Crippen molar-refractivity contribution in [2.24, 2.45) is 0 Å². The summed E-state index contributed by atoms with van der Waals surface area (Å²) in [7, 11) is 0. The molecule has 4 atom stereocenters. The van der Waals surface area contributed by atoms with Crippen LogP contribution in [0.2, 0.25) is 0 Å². The van der Waals surface area contributed by atoms with Crippen LogP contribution in [0.4, 0.5) is 0 Å². The van der Waals surface area contributed by atoms with Gasteiger partial charge in [-0.05, 0) is 24.0 Å². The Labute approximate surface area is 154 Å². The van der Waals surface area contributed by atoms with Crippen LogP contribution in [0.25, 0.3) is 0 Å². The number of ether oxygens (including phenoxy) is 2. The number of carbonyl (C=O) groups is 2. The fourth-order valence-electron chi connectivity index (χ4n) is 3.94. The SMILES string of the molecule is CC(=O)O[C@@H]1[C@H](OC(C)=O)[C@@H](c2ccccc2)CC[C@H]1c1ccccc1. The second-order valence-electron chi connectivity index (χ2n) is 6.76. The predicted molar refractivity (Wildman–Crippen MR) is 98.7 cm³/mol. The van der Waals surface area contributed by atoms with Crippen molar-refractivity contribution >= 4 is 11.9 Å². The molecule has 0 N–H and O–H groups in total. The van der Waals surface area contributed by atoms with Crippen molar-refractivity contribution in [2.75, 3.05) is 0 Å². The van der Waals surface area contributed by atoms with Crippen molar-refractivity contribution in [1.29, 1.82) is 0 Å². The molecule has 1 aliphatic carbocycles. The zero-order valence-electron chi connectivity index (χ0n) is 15.1. The lowest BCUT2D eigenvalue weighted by Gasteiger charge is -2.42. The molecule has 136 valence electrons. The maximum atomic E-state index is 11.8. The molecule has 0 bridgehead atoms. The second-order valence-corrected chi connectivity index (χ2v) is 6.76. The molecule has 1 fully saturated rings. The van der Waals surface area contributed by atoms with Gasteiger partial charge in [-0.2, -0.15) is 0 Å².